The Hall–Kier alpha value is -2.25. The molecule has 0 bridgehead atoms. The van der Waals surface area contributed by atoms with Crippen LogP contribution in [0.25, 0.3) is 0 Å². The fourth-order valence-corrected chi connectivity index (χ4v) is 4.68. The van der Waals surface area contributed by atoms with Gasteiger partial charge in [-0.25, -0.2) is 12.8 Å². The van der Waals surface area contributed by atoms with E-state index in [1.54, 1.807) is 13.0 Å². The minimum Gasteiger partial charge on any atom is -0.311 e. The number of aryl methyl sites for hydroxylation is 3. The van der Waals surface area contributed by atoms with Gasteiger partial charge in [-0.05, 0) is 74.2 Å². The Morgan fingerprint density at radius 1 is 1.04 bits per heavy atom. The van der Waals surface area contributed by atoms with Crippen LogP contribution in [0.4, 0.5) is 10.1 Å². The quantitative estimate of drug-likeness (QED) is 0.892. The molecule has 5 nitrogen and oxygen atoms in total. The third kappa shape index (κ3) is 3.50. The van der Waals surface area contributed by atoms with Gasteiger partial charge in [-0.1, -0.05) is 6.07 Å². The maximum Gasteiger partial charge on any atom is 0.245 e. The number of sulfonamides is 1. The summed E-state index contributed by atoms with van der Waals surface area (Å²) < 4.78 is 41.1. The van der Waals surface area contributed by atoms with Gasteiger partial charge < -0.3 is 4.90 Å². The average molecular weight is 376 g/mol. The Morgan fingerprint density at radius 3 is 2.31 bits per heavy atom. The van der Waals surface area contributed by atoms with Crippen molar-refractivity contribution in [2.75, 3.05) is 11.4 Å². The van der Waals surface area contributed by atoms with Crippen molar-refractivity contribution < 1.29 is 17.6 Å². The molecule has 1 heterocycles. The van der Waals surface area contributed by atoms with Gasteiger partial charge in [-0.2, -0.15) is 4.72 Å². The standard InChI is InChI=1S/C19H21FN2O3S/c1-12-10-14(3)18(11-13(12)2)26(24,25)21-17-8-9-22(19(17)23)16-6-4-15(20)5-7-16/h4-7,10-11,17,21H,8-9H2,1-3H3/t17-/m1/s1. The highest BCUT2D eigenvalue weighted by atomic mass is 32.2. The summed E-state index contributed by atoms with van der Waals surface area (Å²) in [7, 11) is -3.82. The molecule has 3 rings (SSSR count). The molecule has 0 spiro atoms. The zero-order valence-corrected chi connectivity index (χ0v) is 15.7. The summed E-state index contributed by atoms with van der Waals surface area (Å²) in [5.41, 5.74) is 3.09. The first-order valence-electron chi connectivity index (χ1n) is 8.36. The summed E-state index contributed by atoms with van der Waals surface area (Å²) in [5, 5.41) is 0. The van der Waals surface area contributed by atoms with Gasteiger partial charge in [-0.3, -0.25) is 4.79 Å². The van der Waals surface area contributed by atoms with Crippen LogP contribution in [-0.4, -0.2) is 26.9 Å². The third-order valence-corrected chi connectivity index (χ3v) is 6.34. The Morgan fingerprint density at radius 2 is 1.65 bits per heavy atom. The van der Waals surface area contributed by atoms with Gasteiger partial charge >= 0.3 is 0 Å². The van der Waals surface area contributed by atoms with Crippen molar-refractivity contribution in [2.45, 2.75) is 38.1 Å². The van der Waals surface area contributed by atoms with Gasteiger partial charge in [0.05, 0.1) is 4.90 Å². The molecule has 0 radical (unpaired) electrons. The number of carbonyl (C=O) groups is 1. The summed E-state index contributed by atoms with van der Waals surface area (Å²) in [6.07, 6.45) is 0.360. The maximum absolute atomic E-state index is 13.1. The Kier molecular flexibility index (Phi) is 4.86. The summed E-state index contributed by atoms with van der Waals surface area (Å²) in [6.45, 7) is 5.89. The zero-order chi connectivity index (χ0) is 19.1. The van der Waals surface area contributed by atoms with Gasteiger partial charge in [0, 0.05) is 12.2 Å². The molecule has 1 amide bonds. The van der Waals surface area contributed by atoms with Crippen molar-refractivity contribution in [1.29, 1.82) is 0 Å². The maximum atomic E-state index is 13.1. The van der Waals surface area contributed by atoms with E-state index in [9.17, 15) is 17.6 Å². The average Bonchev–Trinajstić information content (AvgIpc) is 2.92. The fourth-order valence-electron chi connectivity index (χ4n) is 3.14. The van der Waals surface area contributed by atoms with Crippen molar-refractivity contribution in [1.82, 2.24) is 4.72 Å². The van der Waals surface area contributed by atoms with E-state index in [0.29, 0.717) is 24.2 Å². The number of amides is 1. The predicted molar refractivity (Wildman–Crippen MR) is 98.1 cm³/mol. The van der Waals surface area contributed by atoms with Crippen LogP contribution in [0.1, 0.15) is 23.1 Å². The molecule has 2 aromatic carbocycles. The number of hydrogen-bond donors (Lipinski definition) is 1. The Balaban J connectivity index is 1.82. The molecule has 7 heteroatoms. The van der Waals surface area contributed by atoms with Crippen molar-refractivity contribution in [2.24, 2.45) is 0 Å². The minimum absolute atomic E-state index is 0.189. The molecule has 0 aliphatic carbocycles. The van der Waals surface area contributed by atoms with Gasteiger partial charge in [0.15, 0.2) is 0 Å². The second-order valence-corrected chi connectivity index (χ2v) is 8.31. The van der Waals surface area contributed by atoms with Crippen molar-refractivity contribution >= 4 is 21.6 Å². The molecular weight excluding hydrogens is 355 g/mol. The van der Waals surface area contributed by atoms with E-state index < -0.39 is 16.1 Å². The van der Waals surface area contributed by atoms with E-state index in [2.05, 4.69) is 4.72 Å². The van der Waals surface area contributed by atoms with Crippen molar-refractivity contribution in [3.8, 4) is 0 Å². The molecule has 1 saturated heterocycles. The number of halogens is 1. The molecule has 0 unspecified atom stereocenters. The SMILES string of the molecule is Cc1cc(C)c(S(=O)(=O)N[C@@H]2CCN(c3ccc(F)cc3)C2=O)cc1C. The van der Waals surface area contributed by atoms with E-state index >= 15 is 0 Å². The first kappa shape index (κ1) is 18.5. The minimum atomic E-state index is -3.82. The molecule has 138 valence electrons. The summed E-state index contributed by atoms with van der Waals surface area (Å²) in [4.78, 5) is 14.3. The number of rotatable bonds is 4. The Bertz CT molecular complexity index is 955. The van der Waals surface area contributed by atoms with E-state index in [0.717, 1.165) is 11.1 Å². The molecule has 1 fully saturated rings. The van der Waals surface area contributed by atoms with Crippen LogP contribution in [0.15, 0.2) is 41.3 Å². The second kappa shape index (κ2) is 6.81. The van der Waals surface area contributed by atoms with Gasteiger partial charge in [0.25, 0.3) is 0 Å². The number of benzene rings is 2. The lowest BCUT2D eigenvalue weighted by Gasteiger charge is -2.18. The summed E-state index contributed by atoms with van der Waals surface area (Å²) in [5.74, 6) is -0.718. The topological polar surface area (TPSA) is 66.5 Å². The molecular formula is C19H21FN2O3S. The van der Waals surface area contributed by atoms with Crippen LogP contribution in [0.3, 0.4) is 0 Å². The lowest BCUT2D eigenvalue weighted by molar-refractivity contribution is -0.118. The summed E-state index contributed by atoms with van der Waals surface area (Å²) >= 11 is 0. The highest BCUT2D eigenvalue weighted by Crippen LogP contribution is 2.25. The highest BCUT2D eigenvalue weighted by molar-refractivity contribution is 7.89. The number of anilines is 1. The van der Waals surface area contributed by atoms with Gasteiger partial charge in [0.2, 0.25) is 15.9 Å². The van der Waals surface area contributed by atoms with Crippen LogP contribution in [-0.2, 0) is 14.8 Å². The van der Waals surface area contributed by atoms with Crippen LogP contribution >= 0.6 is 0 Å². The van der Waals surface area contributed by atoms with Crippen LogP contribution in [0.5, 0.6) is 0 Å². The monoisotopic (exact) mass is 376 g/mol. The number of hydrogen-bond acceptors (Lipinski definition) is 3. The fraction of sp³-hybridized carbons (Fsp3) is 0.316. The molecule has 0 aromatic heterocycles. The van der Waals surface area contributed by atoms with Crippen molar-refractivity contribution in [3.05, 3.63) is 58.9 Å². The van der Waals surface area contributed by atoms with Crippen LogP contribution in [0, 0.1) is 26.6 Å². The van der Waals surface area contributed by atoms with Crippen LogP contribution in [0.2, 0.25) is 0 Å². The number of carbonyl (C=O) groups excluding carboxylic acids is 1. The number of nitrogens with one attached hydrogen (secondary N) is 1. The molecule has 26 heavy (non-hydrogen) atoms. The summed E-state index contributed by atoms with van der Waals surface area (Å²) in [6, 6.07) is 8.20. The molecule has 0 saturated carbocycles. The van der Waals surface area contributed by atoms with E-state index in [1.807, 2.05) is 19.9 Å². The van der Waals surface area contributed by atoms with Gasteiger partial charge in [0.1, 0.15) is 11.9 Å². The molecule has 1 atom stereocenters. The van der Waals surface area contributed by atoms with E-state index in [-0.39, 0.29) is 16.6 Å². The molecule has 1 aliphatic rings. The van der Waals surface area contributed by atoms with Gasteiger partial charge in [-0.15, -0.1) is 0 Å². The predicted octanol–water partition coefficient (Wildman–Crippen LogP) is 2.83. The number of nitrogens with zero attached hydrogens (tertiary/aromatic N) is 1. The lowest BCUT2D eigenvalue weighted by atomic mass is 10.1. The van der Waals surface area contributed by atoms with E-state index in [4.69, 9.17) is 0 Å². The zero-order valence-electron chi connectivity index (χ0n) is 14.9. The lowest BCUT2D eigenvalue weighted by Crippen LogP contribution is -2.41. The Labute approximate surface area is 152 Å². The molecule has 1 aliphatic heterocycles. The molecule has 1 N–H and O–H groups in total. The third-order valence-electron chi connectivity index (χ3n) is 4.72. The van der Waals surface area contributed by atoms with Crippen LogP contribution < -0.4 is 9.62 Å². The van der Waals surface area contributed by atoms with E-state index in [1.165, 1.54) is 29.2 Å². The smallest absolute Gasteiger partial charge is 0.245 e. The second-order valence-electron chi connectivity index (χ2n) is 6.63. The van der Waals surface area contributed by atoms with Crippen molar-refractivity contribution in [3.63, 3.8) is 0 Å². The first-order valence-corrected chi connectivity index (χ1v) is 9.84. The molecule has 2 aromatic rings. The highest BCUT2D eigenvalue weighted by Gasteiger charge is 2.36. The normalized spacial score (nSPS) is 17.8. The largest absolute Gasteiger partial charge is 0.311 e. The first-order chi connectivity index (χ1) is 12.2.